The molecule has 2 atom stereocenters. The molecule has 2 N–H and O–H groups in total. The Kier molecular flexibility index (Phi) is 5.64. The molecular weight excluding hydrogens is 238 g/mol. The van der Waals surface area contributed by atoms with E-state index in [4.69, 9.17) is 5.73 Å². The molecule has 2 fully saturated rings. The fourth-order valence-corrected chi connectivity index (χ4v) is 3.35. The van der Waals surface area contributed by atoms with Gasteiger partial charge in [0.25, 0.3) is 0 Å². The SMILES string of the molecule is CC(C(=O)N1CCCCCC1)N1CCCC(CN)C1. The average Bonchev–Trinajstić information content (AvgIpc) is 2.75. The van der Waals surface area contributed by atoms with Crippen LogP contribution >= 0.6 is 0 Å². The molecule has 1 amide bonds. The fourth-order valence-electron chi connectivity index (χ4n) is 3.35. The highest BCUT2D eigenvalue weighted by Gasteiger charge is 2.29. The van der Waals surface area contributed by atoms with Gasteiger partial charge in [0.15, 0.2) is 0 Å². The Morgan fingerprint density at radius 1 is 1.16 bits per heavy atom. The third-order valence-electron chi connectivity index (χ3n) is 4.71. The van der Waals surface area contributed by atoms with Crippen molar-refractivity contribution >= 4 is 5.91 Å². The first kappa shape index (κ1) is 14.8. The molecule has 0 bridgehead atoms. The van der Waals surface area contributed by atoms with Gasteiger partial charge in [0.2, 0.25) is 5.91 Å². The zero-order chi connectivity index (χ0) is 13.7. The monoisotopic (exact) mass is 267 g/mol. The second-order valence-electron chi connectivity index (χ2n) is 6.15. The lowest BCUT2D eigenvalue weighted by Gasteiger charge is -2.37. The summed E-state index contributed by atoms with van der Waals surface area (Å²) in [5.41, 5.74) is 5.78. The molecule has 0 aromatic rings. The van der Waals surface area contributed by atoms with Crippen molar-refractivity contribution in [2.24, 2.45) is 11.7 Å². The molecule has 2 saturated heterocycles. The van der Waals surface area contributed by atoms with Crippen LogP contribution in [0.1, 0.15) is 45.4 Å². The molecule has 2 unspecified atom stereocenters. The van der Waals surface area contributed by atoms with Crippen LogP contribution in [0.3, 0.4) is 0 Å². The summed E-state index contributed by atoms with van der Waals surface area (Å²) in [5, 5.41) is 0. The normalized spacial score (nSPS) is 27.9. The van der Waals surface area contributed by atoms with E-state index in [9.17, 15) is 4.79 Å². The molecule has 4 nitrogen and oxygen atoms in total. The largest absolute Gasteiger partial charge is 0.341 e. The Morgan fingerprint density at radius 3 is 2.47 bits per heavy atom. The first-order chi connectivity index (χ1) is 9.22. The molecule has 4 heteroatoms. The van der Waals surface area contributed by atoms with Gasteiger partial charge >= 0.3 is 0 Å². The van der Waals surface area contributed by atoms with Crippen molar-refractivity contribution in [3.63, 3.8) is 0 Å². The van der Waals surface area contributed by atoms with Crippen LogP contribution in [-0.4, -0.2) is 54.5 Å². The molecule has 0 saturated carbocycles. The van der Waals surface area contributed by atoms with Gasteiger partial charge in [-0.1, -0.05) is 12.8 Å². The Bertz CT molecular complexity index is 287. The van der Waals surface area contributed by atoms with Gasteiger partial charge < -0.3 is 10.6 Å². The number of hydrogen-bond donors (Lipinski definition) is 1. The number of carbonyl (C=O) groups is 1. The highest BCUT2D eigenvalue weighted by atomic mass is 16.2. The molecule has 0 aromatic heterocycles. The summed E-state index contributed by atoms with van der Waals surface area (Å²) in [6, 6.07) is 0.0347. The number of amides is 1. The first-order valence-electron chi connectivity index (χ1n) is 7.95. The van der Waals surface area contributed by atoms with E-state index in [1.54, 1.807) is 0 Å². The zero-order valence-electron chi connectivity index (χ0n) is 12.3. The lowest BCUT2D eigenvalue weighted by atomic mass is 9.97. The second-order valence-corrected chi connectivity index (χ2v) is 6.15. The van der Waals surface area contributed by atoms with Crippen molar-refractivity contribution in [1.82, 2.24) is 9.80 Å². The van der Waals surface area contributed by atoms with Crippen LogP contribution in [0.2, 0.25) is 0 Å². The summed E-state index contributed by atoms with van der Waals surface area (Å²) in [6.45, 7) is 6.79. The second kappa shape index (κ2) is 7.25. The van der Waals surface area contributed by atoms with Crippen molar-refractivity contribution in [1.29, 1.82) is 0 Å². The minimum atomic E-state index is 0.0347. The minimum absolute atomic E-state index is 0.0347. The standard InChI is InChI=1S/C15H29N3O/c1-13(18-10-6-7-14(11-16)12-18)15(19)17-8-4-2-3-5-9-17/h13-14H,2-12,16H2,1H3. The summed E-state index contributed by atoms with van der Waals surface area (Å²) >= 11 is 0. The Balaban J connectivity index is 1.89. The maximum atomic E-state index is 12.6. The molecule has 0 radical (unpaired) electrons. The third kappa shape index (κ3) is 3.93. The predicted molar refractivity (Wildman–Crippen MR) is 77.9 cm³/mol. The summed E-state index contributed by atoms with van der Waals surface area (Å²) in [5.74, 6) is 0.910. The fraction of sp³-hybridized carbons (Fsp3) is 0.933. The smallest absolute Gasteiger partial charge is 0.239 e. The van der Waals surface area contributed by atoms with E-state index in [-0.39, 0.29) is 6.04 Å². The van der Waals surface area contributed by atoms with Gasteiger partial charge in [-0.25, -0.2) is 0 Å². The van der Waals surface area contributed by atoms with Crippen molar-refractivity contribution in [3.8, 4) is 0 Å². The Labute approximate surface area is 117 Å². The van der Waals surface area contributed by atoms with Gasteiger partial charge in [-0.15, -0.1) is 0 Å². The van der Waals surface area contributed by atoms with Gasteiger partial charge in [0, 0.05) is 19.6 Å². The van der Waals surface area contributed by atoms with Gasteiger partial charge in [0.05, 0.1) is 6.04 Å². The van der Waals surface area contributed by atoms with Gasteiger partial charge in [-0.2, -0.15) is 0 Å². The minimum Gasteiger partial charge on any atom is -0.341 e. The topological polar surface area (TPSA) is 49.6 Å². The van der Waals surface area contributed by atoms with E-state index in [2.05, 4.69) is 16.7 Å². The van der Waals surface area contributed by atoms with Crippen molar-refractivity contribution < 1.29 is 4.79 Å². The van der Waals surface area contributed by atoms with Crippen LogP contribution in [0.4, 0.5) is 0 Å². The maximum Gasteiger partial charge on any atom is 0.239 e. The number of hydrogen-bond acceptors (Lipinski definition) is 3. The van der Waals surface area contributed by atoms with Crippen LogP contribution in [0.25, 0.3) is 0 Å². The lowest BCUT2D eigenvalue weighted by Crippen LogP contribution is -2.51. The summed E-state index contributed by atoms with van der Waals surface area (Å²) in [7, 11) is 0. The number of likely N-dealkylation sites (tertiary alicyclic amines) is 2. The van der Waals surface area contributed by atoms with E-state index in [1.807, 2.05) is 0 Å². The van der Waals surface area contributed by atoms with Crippen LogP contribution in [0.15, 0.2) is 0 Å². The molecule has 110 valence electrons. The van der Waals surface area contributed by atoms with Gasteiger partial charge in [-0.3, -0.25) is 9.69 Å². The maximum absolute atomic E-state index is 12.6. The number of carbonyl (C=O) groups excluding carboxylic acids is 1. The van der Waals surface area contributed by atoms with Crippen molar-refractivity contribution in [3.05, 3.63) is 0 Å². The quantitative estimate of drug-likeness (QED) is 0.842. The number of piperidine rings is 1. The Morgan fingerprint density at radius 2 is 1.84 bits per heavy atom. The molecule has 0 aliphatic carbocycles. The highest BCUT2D eigenvalue weighted by Crippen LogP contribution is 2.19. The highest BCUT2D eigenvalue weighted by molar-refractivity contribution is 5.81. The molecule has 2 heterocycles. The average molecular weight is 267 g/mol. The Hall–Kier alpha value is -0.610. The van der Waals surface area contributed by atoms with Crippen LogP contribution < -0.4 is 5.73 Å². The van der Waals surface area contributed by atoms with E-state index in [0.29, 0.717) is 11.8 Å². The van der Waals surface area contributed by atoms with E-state index in [1.165, 1.54) is 38.5 Å². The van der Waals surface area contributed by atoms with Gasteiger partial charge in [-0.05, 0) is 51.6 Å². The first-order valence-corrected chi connectivity index (χ1v) is 7.95. The molecule has 2 aliphatic rings. The van der Waals surface area contributed by atoms with E-state index >= 15 is 0 Å². The zero-order valence-corrected chi connectivity index (χ0v) is 12.3. The third-order valence-corrected chi connectivity index (χ3v) is 4.71. The predicted octanol–water partition coefficient (Wildman–Crippen LogP) is 1.45. The number of rotatable bonds is 3. The number of nitrogens with two attached hydrogens (primary N) is 1. The summed E-state index contributed by atoms with van der Waals surface area (Å²) in [6.07, 6.45) is 7.29. The number of nitrogens with zero attached hydrogens (tertiary/aromatic N) is 2. The molecule has 2 aliphatic heterocycles. The van der Waals surface area contributed by atoms with Crippen LogP contribution in [-0.2, 0) is 4.79 Å². The van der Waals surface area contributed by atoms with Crippen molar-refractivity contribution in [2.75, 3.05) is 32.7 Å². The molecule has 19 heavy (non-hydrogen) atoms. The molecular formula is C15H29N3O. The molecule has 0 spiro atoms. The summed E-state index contributed by atoms with van der Waals surface area (Å²) < 4.78 is 0. The van der Waals surface area contributed by atoms with Gasteiger partial charge in [0.1, 0.15) is 0 Å². The van der Waals surface area contributed by atoms with Crippen molar-refractivity contribution in [2.45, 2.75) is 51.5 Å². The molecule has 2 rings (SSSR count). The van der Waals surface area contributed by atoms with E-state index in [0.717, 1.165) is 32.7 Å². The summed E-state index contributed by atoms with van der Waals surface area (Å²) in [4.78, 5) is 17.0. The van der Waals surface area contributed by atoms with Crippen LogP contribution in [0.5, 0.6) is 0 Å². The van der Waals surface area contributed by atoms with E-state index < -0.39 is 0 Å². The van der Waals surface area contributed by atoms with Crippen LogP contribution in [0, 0.1) is 5.92 Å². The molecule has 0 aromatic carbocycles. The lowest BCUT2D eigenvalue weighted by molar-refractivity contribution is -0.137.